The van der Waals surface area contributed by atoms with E-state index in [0.717, 1.165) is 12.1 Å². The summed E-state index contributed by atoms with van der Waals surface area (Å²) in [7, 11) is 0. The minimum Gasteiger partial charge on any atom is -0.433 e. The Balaban J connectivity index is 2.40. The summed E-state index contributed by atoms with van der Waals surface area (Å²) in [5.41, 5.74) is 0. The third kappa shape index (κ3) is 2.58. The van der Waals surface area contributed by atoms with Gasteiger partial charge in [-0.05, 0) is 24.3 Å². The summed E-state index contributed by atoms with van der Waals surface area (Å²) in [6, 6.07) is 4.60. The summed E-state index contributed by atoms with van der Waals surface area (Å²) in [6.45, 7) is 0. The smallest absolute Gasteiger partial charge is 0.255 e. The monoisotopic (exact) mass is 303 g/mol. The molecule has 2 aromatic rings. The van der Waals surface area contributed by atoms with Gasteiger partial charge in [0.2, 0.25) is 5.82 Å². The van der Waals surface area contributed by atoms with Gasteiger partial charge < -0.3 is 4.74 Å². The van der Waals surface area contributed by atoms with E-state index in [1.807, 2.05) is 0 Å². The number of benzene rings is 1. The standard InChI is InChI=1S/C11H5BrF3NO/c12-6-4-8(14)10(15)9(5-6)17-11-7(13)2-1-3-16-11/h1-5H. The van der Waals surface area contributed by atoms with Crippen molar-refractivity contribution in [3.63, 3.8) is 0 Å². The predicted molar refractivity (Wildman–Crippen MR) is 58.3 cm³/mol. The number of aromatic nitrogens is 1. The lowest BCUT2D eigenvalue weighted by atomic mass is 10.3. The minimum absolute atomic E-state index is 0.280. The Morgan fingerprint density at radius 2 is 1.88 bits per heavy atom. The van der Waals surface area contributed by atoms with Crippen molar-refractivity contribution in [3.05, 3.63) is 52.4 Å². The fraction of sp³-hybridized carbons (Fsp3) is 0. The Kier molecular flexibility index (Phi) is 3.33. The Labute approximate surface area is 103 Å². The number of ether oxygens (including phenoxy) is 1. The first-order valence-electron chi connectivity index (χ1n) is 4.51. The van der Waals surface area contributed by atoms with Crippen molar-refractivity contribution < 1.29 is 17.9 Å². The molecular formula is C11H5BrF3NO. The van der Waals surface area contributed by atoms with Crippen LogP contribution in [0.15, 0.2) is 34.9 Å². The van der Waals surface area contributed by atoms with Crippen molar-refractivity contribution in [3.8, 4) is 11.6 Å². The summed E-state index contributed by atoms with van der Waals surface area (Å²) < 4.78 is 44.7. The molecule has 6 heteroatoms. The van der Waals surface area contributed by atoms with E-state index in [4.69, 9.17) is 4.74 Å². The lowest BCUT2D eigenvalue weighted by molar-refractivity contribution is 0.383. The topological polar surface area (TPSA) is 22.1 Å². The molecule has 0 atom stereocenters. The van der Waals surface area contributed by atoms with Crippen LogP contribution in [0.3, 0.4) is 0 Å². The second-order valence-electron chi connectivity index (χ2n) is 3.09. The molecule has 0 N–H and O–H groups in total. The third-order valence-corrected chi connectivity index (χ3v) is 2.35. The molecule has 0 bridgehead atoms. The Morgan fingerprint density at radius 3 is 2.59 bits per heavy atom. The zero-order chi connectivity index (χ0) is 12.4. The van der Waals surface area contributed by atoms with Gasteiger partial charge in [-0.25, -0.2) is 13.8 Å². The Bertz CT molecular complexity index is 562. The first kappa shape index (κ1) is 11.9. The summed E-state index contributed by atoms with van der Waals surface area (Å²) in [4.78, 5) is 3.57. The Morgan fingerprint density at radius 1 is 1.12 bits per heavy atom. The molecule has 0 saturated heterocycles. The van der Waals surface area contributed by atoms with Gasteiger partial charge in [0.25, 0.3) is 5.88 Å². The minimum atomic E-state index is -1.20. The molecule has 0 radical (unpaired) electrons. The first-order chi connectivity index (χ1) is 8.08. The van der Waals surface area contributed by atoms with Crippen LogP contribution in [0.5, 0.6) is 11.6 Å². The summed E-state index contributed by atoms with van der Waals surface area (Å²) in [5.74, 6) is -3.89. The highest BCUT2D eigenvalue weighted by Gasteiger charge is 2.14. The van der Waals surface area contributed by atoms with Gasteiger partial charge in [-0.1, -0.05) is 15.9 Å². The number of halogens is 4. The largest absolute Gasteiger partial charge is 0.433 e. The second kappa shape index (κ2) is 4.75. The van der Waals surface area contributed by atoms with Crippen molar-refractivity contribution in [2.45, 2.75) is 0 Å². The van der Waals surface area contributed by atoms with Gasteiger partial charge in [0.1, 0.15) is 0 Å². The van der Waals surface area contributed by atoms with E-state index in [1.165, 1.54) is 18.3 Å². The SMILES string of the molecule is Fc1cccnc1Oc1cc(Br)cc(F)c1F. The number of rotatable bonds is 2. The molecule has 1 aromatic heterocycles. The summed E-state index contributed by atoms with van der Waals surface area (Å²) >= 11 is 2.98. The zero-order valence-corrected chi connectivity index (χ0v) is 9.84. The van der Waals surface area contributed by atoms with Crippen LogP contribution in [-0.2, 0) is 0 Å². The molecule has 0 spiro atoms. The highest BCUT2D eigenvalue weighted by Crippen LogP contribution is 2.29. The first-order valence-corrected chi connectivity index (χ1v) is 5.30. The molecule has 0 aliphatic heterocycles. The molecule has 0 amide bonds. The molecule has 0 saturated carbocycles. The van der Waals surface area contributed by atoms with Gasteiger partial charge in [-0.2, -0.15) is 4.39 Å². The maximum absolute atomic E-state index is 13.3. The van der Waals surface area contributed by atoms with Gasteiger partial charge in [0, 0.05) is 10.7 Å². The van der Waals surface area contributed by atoms with Crippen molar-refractivity contribution in [2.24, 2.45) is 0 Å². The lowest BCUT2D eigenvalue weighted by Gasteiger charge is -2.07. The summed E-state index contributed by atoms with van der Waals surface area (Å²) in [5, 5.41) is 0. The molecule has 0 fully saturated rings. The van der Waals surface area contributed by atoms with Crippen LogP contribution in [-0.4, -0.2) is 4.98 Å². The van der Waals surface area contributed by atoms with E-state index in [1.54, 1.807) is 0 Å². The Hall–Kier alpha value is -1.56. The van der Waals surface area contributed by atoms with E-state index in [9.17, 15) is 13.2 Å². The molecule has 1 heterocycles. The molecule has 17 heavy (non-hydrogen) atoms. The highest BCUT2D eigenvalue weighted by molar-refractivity contribution is 9.10. The van der Waals surface area contributed by atoms with Crippen LogP contribution in [0.2, 0.25) is 0 Å². The van der Waals surface area contributed by atoms with Crippen molar-refractivity contribution in [2.75, 3.05) is 0 Å². The van der Waals surface area contributed by atoms with Crippen LogP contribution < -0.4 is 4.74 Å². The van der Waals surface area contributed by atoms with E-state index < -0.39 is 29.1 Å². The number of nitrogens with zero attached hydrogens (tertiary/aromatic N) is 1. The molecule has 0 aliphatic rings. The molecule has 2 rings (SSSR count). The average Bonchev–Trinajstić information content (AvgIpc) is 2.28. The molecule has 0 aliphatic carbocycles. The predicted octanol–water partition coefficient (Wildman–Crippen LogP) is 4.05. The van der Waals surface area contributed by atoms with Gasteiger partial charge in [-0.15, -0.1) is 0 Å². The zero-order valence-electron chi connectivity index (χ0n) is 8.25. The van der Waals surface area contributed by atoms with Crippen LogP contribution in [0, 0.1) is 17.5 Å². The lowest BCUT2D eigenvalue weighted by Crippen LogP contribution is -1.95. The van der Waals surface area contributed by atoms with Gasteiger partial charge in [0.05, 0.1) is 0 Å². The quantitative estimate of drug-likeness (QED) is 0.781. The van der Waals surface area contributed by atoms with Gasteiger partial charge in [-0.3, -0.25) is 0 Å². The molecule has 2 nitrogen and oxygen atoms in total. The normalized spacial score (nSPS) is 10.4. The van der Waals surface area contributed by atoms with Crippen LogP contribution in [0.1, 0.15) is 0 Å². The molecule has 0 unspecified atom stereocenters. The second-order valence-corrected chi connectivity index (χ2v) is 4.01. The van der Waals surface area contributed by atoms with E-state index in [0.29, 0.717) is 0 Å². The van der Waals surface area contributed by atoms with Crippen molar-refractivity contribution in [1.82, 2.24) is 4.98 Å². The van der Waals surface area contributed by atoms with Crippen LogP contribution in [0.4, 0.5) is 13.2 Å². The van der Waals surface area contributed by atoms with E-state index in [-0.39, 0.29) is 4.47 Å². The number of hydrogen-bond acceptors (Lipinski definition) is 2. The maximum Gasteiger partial charge on any atom is 0.255 e. The van der Waals surface area contributed by atoms with Crippen molar-refractivity contribution in [1.29, 1.82) is 0 Å². The van der Waals surface area contributed by atoms with Gasteiger partial charge in [0.15, 0.2) is 17.4 Å². The van der Waals surface area contributed by atoms with E-state index in [2.05, 4.69) is 20.9 Å². The third-order valence-electron chi connectivity index (χ3n) is 1.89. The van der Waals surface area contributed by atoms with Crippen molar-refractivity contribution >= 4 is 15.9 Å². The van der Waals surface area contributed by atoms with Gasteiger partial charge >= 0.3 is 0 Å². The van der Waals surface area contributed by atoms with Crippen LogP contribution >= 0.6 is 15.9 Å². The van der Waals surface area contributed by atoms with E-state index >= 15 is 0 Å². The number of pyridine rings is 1. The number of hydrogen-bond donors (Lipinski definition) is 0. The molecule has 1 aromatic carbocycles. The molecule has 88 valence electrons. The molecular weight excluding hydrogens is 299 g/mol. The highest BCUT2D eigenvalue weighted by atomic mass is 79.9. The maximum atomic E-state index is 13.3. The fourth-order valence-electron chi connectivity index (χ4n) is 1.16. The summed E-state index contributed by atoms with van der Waals surface area (Å²) in [6.07, 6.45) is 1.28. The van der Waals surface area contributed by atoms with Crippen LogP contribution in [0.25, 0.3) is 0 Å². The fourth-order valence-corrected chi connectivity index (χ4v) is 1.57. The average molecular weight is 304 g/mol.